The van der Waals surface area contributed by atoms with Gasteiger partial charge < -0.3 is 15.4 Å². The van der Waals surface area contributed by atoms with Crippen molar-refractivity contribution in [3.8, 4) is 0 Å². The second kappa shape index (κ2) is 6.53. The molecule has 0 bridgehead atoms. The zero-order valence-corrected chi connectivity index (χ0v) is 11.4. The van der Waals surface area contributed by atoms with Crippen LogP contribution in [0, 0.1) is 11.8 Å². The van der Waals surface area contributed by atoms with Gasteiger partial charge in [0.05, 0.1) is 6.61 Å². The summed E-state index contributed by atoms with van der Waals surface area (Å²) < 4.78 is 4.98. The van der Waals surface area contributed by atoms with Gasteiger partial charge in [-0.25, -0.2) is 0 Å². The molecule has 4 heteroatoms. The average molecular weight is 254 g/mol. The molecule has 2 aliphatic rings. The van der Waals surface area contributed by atoms with Crippen LogP contribution in [0.15, 0.2) is 0 Å². The minimum atomic E-state index is -0.0645. The first-order chi connectivity index (χ1) is 8.67. The molecule has 0 aromatic carbocycles. The lowest BCUT2D eigenvalue weighted by Gasteiger charge is -2.36. The highest BCUT2D eigenvalue weighted by Crippen LogP contribution is 2.31. The third-order valence-electron chi connectivity index (χ3n) is 3.92. The first kappa shape index (κ1) is 13.8. The lowest BCUT2D eigenvalue weighted by Crippen LogP contribution is -2.47. The van der Waals surface area contributed by atoms with E-state index in [1.807, 2.05) is 6.92 Å². The number of hydrogen-bond donors (Lipinski definition) is 1. The molecule has 1 aliphatic heterocycles. The third kappa shape index (κ3) is 4.58. The van der Waals surface area contributed by atoms with Crippen LogP contribution in [0.4, 0.5) is 0 Å². The van der Waals surface area contributed by atoms with Crippen molar-refractivity contribution in [3.05, 3.63) is 0 Å². The number of rotatable bonds is 6. The summed E-state index contributed by atoms with van der Waals surface area (Å²) in [6, 6.07) is 0.282. The second-order valence-electron chi connectivity index (χ2n) is 5.87. The highest BCUT2D eigenvalue weighted by Gasteiger charge is 2.30. The summed E-state index contributed by atoms with van der Waals surface area (Å²) in [4.78, 5) is 13.9. The standard InChI is InChI=1S/C14H26N2O2/c1-2-18-14(17)6-5-12-7-13(15)10-16(9-12)8-11-3-4-11/h11-13H,2-10,15H2,1H3. The van der Waals surface area contributed by atoms with Crippen LogP contribution in [0.1, 0.15) is 39.0 Å². The Kier molecular flexibility index (Phi) is 5.01. The summed E-state index contributed by atoms with van der Waals surface area (Å²) in [6.45, 7) is 5.70. The van der Waals surface area contributed by atoms with Crippen LogP contribution in [0.25, 0.3) is 0 Å². The Morgan fingerprint density at radius 2 is 2.11 bits per heavy atom. The molecule has 104 valence electrons. The van der Waals surface area contributed by atoms with Crippen LogP contribution in [-0.4, -0.2) is 43.2 Å². The Morgan fingerprint density at radius 1 is 1.33 bits per heavy atom. The van der Waals surface area contributed by atoms with Crippen LogP contribution in [-0.2, 0) is 9.53 Å². The van der Waals surface area contributed by atoms with Crippen LogP contribution in [0.3, 0.4) is 0 Å². The number of carbonyl (C=O) groups is 1. The van der Waals surface area contributed by atoms with Gasteiger partial charge in [-0.3, -0.25) is 4.79 Å². The van der Waals surface area contributed by atoms with Crippen LogP contribution in [0.5, 0.6) is 0 Å². The number of likely N-dealkylation sites (tertiary alicyclic amines) is 1. The van der Waals surface area contributed by atoms with Gasteiger partial charge in [-0.2, -0.15) is 0 Å². The van der Waals surface area contributed by atoms with Crippen LogP contribution >= 0.6 is 0 Å². The first-order valence-electron chi connectivity index (χ1n) is 7.31. The fraction of sp³-hybridized carbons (Fsp3) is 0.929. The number of ether oxygens (including phenoxy) is 1. The molecule has 2 rings (SSSR count). The molecule has 1 saturated heterocycles. The van der Waals surface area contributed by atoms with Gasteiger partial charge in [0.15, 0.2) is 0 Å². The molecule has 2 fully saturated rings. The number of carbonyl (C=O) groups excluding carboxylic acids is 1. The molecule has 0 radical (unpaired) electrons. The van der Waals surface area contributed by atoms with E-state index >= 15 is 0 Å². The van der Waals surface area contributed by atoms with Gasteiger partial charge in [-0.15, -0.1) is 0 Å². The lowest BCUT2D eigenvalue weighted by molar-refractivity contribution is -0.143. The molecular weight excluding hydrogens is 228 g/mol. The molecule has 2 N–H and O–H groups in total. The Morgan fingerprint density at radius 3 is 2.78 bits per heavy atom. The Balaban J connectivity index is 1.71. The van der Waals surface area contributed by atoms with Crippen molar-refractivity contribution in [2.75, 3.05) is 26.2 Å². The molecule has 0 aromatic rings. The maximum absolute atomic E-state index is 11.4. The molecule has 1 aliphatic carbocycles. The number of esters is 1. The zero-order valence-electron chi connectivity index (χ0n) is 11.4. The van der Waals surface area contributed by atoms with Gasteiger partial charge >= 0.3 is 5.97 Å². The molecule has 2 atom stereocenters. The number of nitrogens with zero attached hydrogens (tertiary/aromatic N) is 1. The van der Waals surface area contributed by atoms with Gasteiger partial charge in [0.2, 0.25) is 0 Å². The van der Waals surface area contributed by atoms with Gasteiger partial charge in [-0.05, 0) is 44.4 Å². The summed E-state index contributed by atoms with van der Waals surface area (Å²) >= 11 is 0. The van der Waals surface area contributed by atoms with Crippen molar-refractivity contribution in [1.82, 2.24) is 4.90 Å². The first-order valence-corrected chi connectivity index (χ1v) is 7.31. The number of piperidine rings is 1. The summed E-state index contributed by atoms with van der Waals surface area (Å²) in [5, 5.41) is 0. The summed E-state index contributed by atoms with van der Waals surface area (Å²) in [5.74, 6) is 1.42. The van der Waals surface area contributed by atoms with E-state index in [-0.39, 0.29) is 12.0 Å². The van der Waals surface area contributed by atoms with Crippen molar-refractivity contribution in [2.24, 2.45) is 17.6 Å². The number of hydrogen-bond acceptors (Lipinski definition) is 4. The Hall–Kier alpha value is -0.610. The SMILES string of the molecule is CCOC(=O)CCC1CC(N)CN(CC2CC2)C1. The normalized spacial score (nSPS) is 29.2. The summed E-state index contributed by atoms with van der Waals surface area (Å²) in [5.41, 5.74) is 6.12. The van der Waals surface area contributed by atoms with E-state index in [1.165, 1.54) is 19.4 Å². The molecule has 1 heterocycles. The largest absolute Gasteiger partial charge is 0.466 e. The van der Waals surface area contributed by atoms with E-state index in [2.05, 4.69) is 4.90 Å². The number of nitrogens with two attached hydrogens (primary N) is 1. The summed E-state index contributed by atoms with van der Waals surface area (Å²) in [7, 11) is 0. The van der Waals surface area contributed by atoms with Crippen molar-refractivity contribution in [3.63, 3.8) is 0 Å². The van der Waals surface area contributed by atoms with E-state index in [4.69, 9.17) is 10.5 Å². The quantitative estimate of drug-likeness (QED) is 0.728. The zero-order chi connectivity index (χ0) is 13.0. The van der Waals surface area contributed by atoms with Crippen molar-refractivity contribution in [2.45, 2.75) is 45.1 Å². The van der Waals surface area contributed by atoms with E-state index in [0.29, 0.717) is 18.9 Å². The van der Waals surface area contributed by atoms with E-state index in [0.717, 1.165) is 31.8 Å². The highest BCUT2D eigenvalue weighted by atomic mass is 16.5. The molecule has 4 nitrogen and oxygen atoms in total. The van der Waals surface area contributed by atoms with E-state index in [1.54, 1.807) is 0 Å². The van der Waals surface area contributed by atoms with E-state index in [9.17, 15) is 4.79 Å². The monoisotopic (exact) mass is 254 g/mol. The van der Waals surface area contributed by atoms with Gasteiger partial charge in [0.1, 0.15) is 0 Å². The second-order valence-corrected chi connectivity index (χ2v) is 5.87. The van der Waals surface area contributed by atoms with Gasteiger partial charge in [0.25, 0.3) is 0 Å². The lowest BCUT2D eigenvalue weighted by atomic mass is 9.90. The Labute approximate surface area is 110 Å². The minimum absolute atomic E-state index is 0.0645. The predicted octanol–water partition coefficient (Wildman–Crippen LogP) is 1.39. The van der Waals surface area contributed by atoms with E-state index < -0.39 is 0 Å². The molecule has 0 spiro atoms. The third-order valence-corrected chi connectivity index (χ3v) is 3.92. The van der Waals surface area contributed by atoms with Crippen molar-refractivity contribution in [1.29, 1.82) is 0 Å². The van der Waals surface area contributed by atoms with Gasteiger partial charge in [0, 0.05) is 32.1 Å². The average Bonchev–Trinajstić information content (AvgIpc) is 3.10. The molecule has 2 unspecified atom stereocenters. The fourth-order valence-corrected chi connectivity index (χ4v) is 2.93. The van der Waals surface area contributed by atoms with Crippen LogP contribution in [0.2, 0.25) is 0 Å². The smallest absolute Gasteiger partial charge is 0.305 e. The van der Waals surface area contributed by atoms with Crippen molar-refractivity contribution >= 4 is 5.97 Å². The van der Waals surface area contributed by atoms with Crippen molar-refractivity contribution < 1.29 is 9.53 Å². The molecular formula is C14H26N2O2. The van der Waals surface area contributed by atoms with Gasteiger partial charge in [-0.1, -0.05) is 0 Å². The predicted molar refractivity (Wildman–Crippen MR) is 71.1 cm³/mol. The maximum atomic E-state index is 11.4. The maximum Gasteiger partial charge on any atom is 0.305 e. The Bertz CT molecular complexity index is 277. The fourth-order valence-electron chi connectivity index (χ4n) is 2.93. The van der Waals surface area contributed by atoms with Crippen LogP contribution < -0.4 is 5.73 Å². The molecule has 0 amide bonds. The molecule has 18 heavy (non-hydrogen) atoms. The topological polar surface area (TPSA) is 55.6 Å². The molecule has 1 saturated carbocycles. The summed E-state index contributed by atoms with van der Waals surface area (Å²) in [6.07, 6.45) is 5.30. The molecule has 0 aromatic heterocycles. The highest BCUT2D eigenvalue weighted by molar-refractivity contribution is 5.69. The minimum Gasteiger partial charge on any atom is -0.466 e.